The average Bonchev–Trinajstić information content (AvgIpc) is 3.21. The first kappa shape index (κ1) is 19.2. The zero-order valence-corrected chi connectivity index (χ0v) is 15.8. The number of carbonyl (C=O) groups is 1. The number of carbonyl (C=O) groups excluding carboxylic acids is 1. The highest BCUT2D eigenvalue weighted by molar-refractivity contribution is 6.06. The molecule has 1 heterocycles. The van der Waals surface area contributed by atoms with Gasteiger partial charge in [0, 0.05) is 18.4 Å². The van der Waals surface area contributed by atoms with Crippen LogP contribution in [0.5, 0.6) is 11.5 Å². The minimum atomic E-state index is -0.196. The van der Waals surface area contributed by atoms with E-state index in [1.807, 2.05) is 42.5 Å². The number of hydrogen-bond acceptors (Lipinski definition) is 4. The highest BCUT2D eigenvalue weighted by atomic mass is 16.5. The van der Waals surface area contributed by atoms with Crippen molar-refractivity contribution >= 4 is 11.6 Å². The molecule has 1 aliphatic rings. The van der Waals surface area contributed by atoms with Crippen LogP contribution in [-0.4, -0.2) is 31.8 Å². The molecule has 1 saturated heterocycles. The summed E-state index contributed by atoms with van der Waals surface area (Å²) >= 11 is 0. The normalized spacial score (nSPS) is 16.1. The van der Waals surface area contributed by atoms with Gasteiger partial charge in [0.15, 0.2) is 0 Å². The number of unbranched alkanes of at least 4 members (excludes halogenated alkanes) is 1. The predicted octanol–water partition coefficient (Wildman–Crippen LogP) is 4.68. The summed E-state index contributed by atoms with van der Waals surface area (Å²) in [4.78, 5) is 12.7. The van der Waals surface area contributed by atoms with Gasteiger partial charge in [-0.3, -0.25) is 4.79 Å². The topological polar surface area (TPSA) is 56.8 Å². The maximum absolute atomic E-state index is 12.7. The van der Waals surface area contributed by atoms with Gasteiger partial charge in [0.05, 0.1) is 18.3 Å². The van der Waals surface area contributed by atoms with E-state index in [-0.39, 0.29) is 12.0 Å². The third kappa shape index (κ3) is 5.73. The van der Waals surface area contributed by atoms with Gasteiger partial charge in [-0.05, 0) is 43.5 Å². The van der Waals surface area contributed by atoms with Crippen LogP contribution in [-0.2, 0) is 4.74 Å². The van der Waals surface area contributed by atoms with Crippen LogP contribution in [0.1, 0.15) is 43.0 Å². The number of rotatable bonds is 9. The highest BCUT2D eigenvalue weighted by Crippen LogP contribution is 2.23. The summed E-state index contributed by atoms with van der Waals surface area (Å²) < 4.78 is 17.1. The molecule has 27 heavy (non-hydrogen) atoms. The predicted molar refractivity (Wildman–Crippen MR) is 106 cm³/mol. The standard InChI is InChI=1S/C22H27NO4/c1-2-3-13-26-21-12-5-4-11-20(21)22(24)23-17-8-6-9-18(15-17)27-16-19-10-7-14-25-19/h4-6,8-9,11-12,15,19H,2-3,7,10,13-14,16H2,1H3,(H,23,24). The van der Waals surface area contributed by atoms with Gasteiger partial charge in [-0.25, -0.2) is 0 Å². The summed E-state index contributed by atoms with van der Waals surface area (Å²) in [5.41, 5.74) is 1.22. The van der Waals surface area contributed by atoms with Crippen LogP contribution in [0.4, 0.5) is 5.69 Å². The van der Waals surface area contributed by atoms with Gasteiger partial charge in [-0.15, -0.1) is 0 Å². The first-order chi connectivity index (χ1) is 13.3. The molecule has 2 aromatic rings. The lowest BCUT2D eigenvalue weighted by Crippen LogP contribution is -2.16. The second-order valence-corrected chi connectivity index (χ2v) is 6.63. The monoisotopic (exact) mass is 369 g/mol. The molecule has 0 aliphatic carbocycles. The molecule has 0 spiro atoms. The lowest BCUT2D eigenvalue weighted by atomic mass is 10.1. The highest BCUT2D eigenvalue weighted by Gasteiger charge is 2.16. The van der Waals surface area contributed by atoms with E-state index in [0.29, 0.717) is 30.2 Å². The average molecular weight is 369 g/mol. The van der Waals surface area contributed by atoms with Crippen LogP contribution in [0, 0.1) is 0 Å². The molecule has 1 fully saturated rings. The molecule has 0 aromatic heterocycles. The Kier molecular flexibility index (Phi) is 7.11. The molecule has 1 atom stereocenters. The van der Waals surface area contributed by atoms with Crippen molar-refractivity contribution in [2.24, 2.45) is 0 Å². The molecule has 1 amide bonds. The largest absolute Gasteiger partial charge is 0.493 e. The van der Waals surface area contributed by atoms with Gasteiger partial charge in [0.25, 0.3) is 5.91 Å². The molecule has 5 heteroatoms. The Morgan fingerprint density at radius 2 is 2.07 bits per heavy atom. The molecule has 144 valence electrons. The molecular weight excluding hydrogens is 342 g/mol. The van der Waals surface area contributed by atoms with Crippen molar-refractivity contribution < 1.29 is 19.0 Å². The minimum absolute atomic E-state index is 0.162. The van der Waals surface area contributed by atoms with E-state index in [2.05, 4.69) is 12.2 Å². The molecule has 1 aliphatic heterocycles. The Morgan fingerprint density at radius 3 is 2.89 bits per heavy atom. The first-order valence-corrected chi connectivity index (χ1v) is 9.64. The van der Waals surface area contributed by atoms with Crippen molar-refractivity contribution in [3.63, 3.8) is 0 Å². The molecule has 1 unspecified atom stereocenters. The van der Waals surface area contributed by atoms with Gasteiger partial charge >= 0.3 is 0 Å². The van der Waals surface area contributed by atoms with Crippen LogP contribution < -0.4 is 14.8 Å². The van der Waals surface area contributed by atoms with E-state index in [4.69, 9.17) is 14.2 Å². The molecule has 0 radical (unpaired) electrons. The SMILES string of the molecule is CCCCOc1ccccc1C(=O)Nc1cccc(OCC2CCCO2)c1. The van der Waals surface area contributed by atoms with Crippen molar-refractivity contribution in [1.29, 1.82) is 0 Å². The molecule has 0 bridgehead atoms. The number of ether oxygens (including phenoxy) is 3. The van der Waals surface area contributed by atoms with Crippen LogP contribution in [0.15, 0.2) is 48.5 Å². The van der Waals surface area contributed by atoms with Crippen LogP contribution >= 0.6 is 0 Å². The van der Waals surface area contributed by atoms with Gasteiger partial charge in [0.2, 0.25) is 0 Å². The molecule has 2 aromatic carbocycles. The quantitative estimate of drug-likeness (QED) is 0.652. The van der Waals surface area contributed by atoms with Crippen molar-refractivity contribution in [2.45, 2.75) is 38.7 Å². The fraction of sp³-hybridized carbons (Fsp3) is 0.409. The van der Waals surface area contributed by atoms with Gasteiger partial charge in [-0.1, -0.05) is 31.5 Å². The smallest absolute Gasteiger partial charge is 0.259 e. The number of amides is 1. The third-order valence-corrected chi connectivity index (χ3v) is 4.44. The Bertz CT molecular complexity index is 741. The first-order valence-electron chi connectivity index (χ1n) is 9.64. The second kappa shape index (κ2) is 9.97. The van der Waals surface area contributed by atoms with Crippen LogP contribution in [0.2, 0.25) is 0 Å². The summed E-state index contributed by atoms with van der Waals surface area (Å²) in [6, 6.07) is 14.7. The van der Waals surface area contributed by atoms with E-state index in [1.54, 1.807) is 6.07 Å². The van der Waals surface area contributed by atoms with E-state index < -0.39 is 0 Å². The maximum atomic E-state index is 12.7. The summed E-state index contributed by atoms with van der Waals surface area (Å²) in [5, 5.41) is 2.93. The fourth-order valence-corrected chi connectivity index (χ4v) is 2.93. The molecule has 5 nitrogen and oxygen atoms in total. The third-order valence-electron chi connectivity index (χ3n) is 4.44. The van der Waals surface area contributed by atoms with E-state index in [9.17, 15) is 4.79 Å². The van der Waals surface area contributed by atoms with Gasteiger partial charge < -0.3 is 19.5 Å². The number of anilines is 1. The second-order valence-electron chi connectivity index (χ2n) is 6.63. The Hall–Kier alpha value is -2.53. The number of para-hydroxylation sites is 1. The lowest BCUT2D eigenvalue weighted by molar-refractivity contribution is 0.0680. The summed E-state index contributed by atoms with van der Waals surface area (Å²) in [7, 11) is 0. The molecular formula is C22H27NO4. The van der Waals surface area contributed by atoms with E-state index >= 15 is 0 Å². The maximum Gasteiger partial charge on any atom is 0.259 e. The van der Waals surface area contributed by atoms with Crippen LogP contribution in [0.25, 0.3) is 0 Å². The zero-order valence-electron chi connectivity index (χ0n) is 15.8. The Labute approximate surface area is 160 Å². The number of benzene rings is 2. The summed E-state index contributed by atoms with van der Waals surface area (Å²) in [5.74, 6) is 1.13. The Morgan fingerprint density at radius 1 is 1.19 bits per heavy atom. The zero-order chi connectivity index (χ0) is 18.9. The fourth-order valence-electron chi connectivity index (χ4n) is 2.93. The van der Waals surface area contributed by atoms with Crippen molar-refractivity contribution in [3.05, 3.63) is 54.1 Å². The summed E-state index contributed by atoms with van der Waals surface area (Å²) in [6.07, 6.45) is 4.29. The van der Waals surface area contributed by atoms with E-state index in [0.717, 1.165) is 38.0 Å². The minimum Gasteiger partial charge on any atom is -0.493 e. The number of nitrogens with one attached hydrogen (secondary N) is 1. The van der Waals surface area contributed by atoms with Crippen LogP contribution in [0.3, 0.4) is 0 Å². The van der Waals surface area contributed by atoms with E-state index in [1.165, 1.54) is 0 Å². The van der Waals surface area contributed by atoms with Crippen molar-refractivity contribution in [1.82, 2.24) is 0 Å². The molecule has 1 N–H and O–H groups in total. The Balaban J connectivity index is 1.61. The van der Waals surface area contributed by atoms with Crippen molar-refractivity contribution in [3.8, 4) is 11.5 Å². The van der Waals surface area contributed by atoms with Gasteiger partial charge in [-0.2, -0.15) is 0 Å². The molecule has 3 rings (SSSR count). The number of hydrogen-bond donors (Lipinski definition) is 1. The summed E-state index contributed by atoms with van der Waals surface area (Å²) in [6.45, 7) is 4.05. The van der Waals surface area contributed by atoms with Crippen molar-refractivity contribution in [2.75, 3.05) is 25.1 Å². The lowest BCUT2D eigenvalue weighted by Gasteiger charge is -2.14. The van der Waals surface area contributed by atoms with Gasteiger partial charge in [0.1, 0.15) is 18.1 Å². The molecule has 0 saturated carbocycles.